The molecule has 6 nitrogen and oxygen atoms in total. The first-order valence-electron chi connectivity index (χ1n) is 9.17. The van der Waals surface area contributed by atoms with Crippen LogP contribution >= 0.6 is 0 Å². The largest absolute Gasteiger partial charge is 0.448 e. The summed E-state index contributed by atoms with van der Waals surface area (Å²) in [7, 11) is 0. The van der Waals surface area contributed by atoms with Crippen molar-refractivity contribution in [2.75, 3.05) is 19.7 Å². The maximum atomic E-state index is 12.8. The molecule has 3 heterocycles. The van der Waals surface area contributed by atoms with Crippen molar-refractivity contribution in [3.05, 3.63) is 53.7 Å². The van der Waals surface area contributed by atoms with E-state index in [0.717, 1.165) is 31.4 Å². The zero-order chi connectivity index (χ0) is 18.0. The summed E-state index contributed by atoms with van der Waals surface area (Å²) in [6.07, 6.45) is 3.99. The molecule has 0 saturated carbocycles. The molecule has 1 aromatic carbocycles. The standard InChI is InChI=1S/C20H24N2O4/c1-15-18(21-14-25-15)19(23)22-10-9-20(8-5-11-26-20)17(12-22)24-13-16-6-3-2-4-7-16/h2-4,6-7,14,17H,5,8-13H2,1H3/t17-,20-/m0/s1. The number of nitrogens with zero attached hydrogens (tertiary/aromatic N) is 2. The van der Waals surface area contributed by atoms with Crippen LogP contribution in [0.5, 0.6) is 0 Å². The van der Waals surface area contributed by atoms with Crippen molar-refractivity contribution in [2.45, 2.75) is 44.5 Å². The molecule has 1 aromatic heterocycles. The number of carbonyl (C=O) groups excluding carboxylic acids is 1. The lowest BCUT2D eigenvalue weighted by molar-refractivity contribution is -0.153. The van der Waals surface area contributed by atoms with E-state index < -0.39 is 0 Å². The highest BCUT2D eigenvalue weighted by atomic mass is 16.6. The molecule has 2 atom stereocenters. The molecule has 2 aromatic rings. The molecule has 0 bridgehead atoms. The van der Waals surface area contributed by atoms with E-state index in [2.05, 4.69) is 4.98 Å². The molecular formula is C20H24N2O4. The number of amides is 1. The van der Waals surface area contributed by atoms with E-state index in [9.17, 15) is 4.79 Å². The second-order valence-electron chi connectivity index (χ2n) is 7.06. The van der Waals surface area contributed by atoms with E-state index >= 15 is 0 Å². The minimum Gasteiger partial charge on any atom is -0.448 e. The van der Waals surface area contributed by atoms with Crippen molar-refractivity contribution in [1.29, 1.82) is 0 Å². The van der Waals surface area contributed by atoms with Crippen LogP contribution in [0.15, 0.2) is 41.1 Å². The fourth-order valence-corrected chi connectivity index (χ4v) is 3.93. The lowest BCUT2D eigenvalue weighted by atomic mass is 9.85. The number of benzene rings is 1. The number of piperidine rings is 1. The van der Waals surface area contributed by atoms with E-state index in [4.69, 9.17) is 13.9 Å². The summed E-state index contributed by atoms with van der Waals surface area (Å²) in [5.41, 5.74) is 1.23. The number of likely N-dealkylation sites (tertiary alicyclic amines) is 1. The molecule has 1 spiro atoms. The molecule has 138 valence electrons. The molecule has 26 heavy (non-hydrogen) atoms. The predicted molar refractivity (Wildman–Crippen MR) is 94.7 cm³/mol. The summed E-state index contributed by atoms with van der Waals surface area (Å²) in [6, 6.07) is 10.1. The van der Waals surface area contributed by atoms with Crippen molar-refractivity contribution >= 4 is 5.91 Å². The topological polar surface area (TPSA) is 64.8 Å². The van der Waals surface area contributed by atoms with Crippen LogP contribution in [0, 0.1) is 6.92 Å². The molecule has 4 rings (SSSR count). The lowest BCUT2D eigenvalue weighted by Gasteiger charge is -2.44. The second kappa shape index (κ2) is 7.21. The Morgan fingerprint density at radius 3 is 2.88 bits per heavy atom. The Hall–Kier alpha value is -2.18. The molecular weight excluding hydrogens is 332 g/mol. The van der Waals surface area contributed by atoms with E-state index in [1.807, 2.05) is 35.2 Å². The fourth-order valence-electron chi connectivity index (χ4n) is 3.93. The van der Waals surface area contributed by atoms with E-state index in [0.29, 0.717) is 31.2 Å². The predicted octanol–water partition coefficient (Wildman–Crippen LogP) is 2.96. The van der Waals surface area contributed by atoms with E-state index in [1.54, 1.807) is 6.92 Å². The molecule has 0 N–H and O–H groups in total. The highest BCUT2D eigenvalue weighted by Gasteiger charge is 2.48. The second-order valence-corrected chi connectivity index (χ2v) is 7.06. The summed E-state index contributed by atoms with van der Waals surface area (Å²) >= 11 is 0. The van der Waals surface area contributed by atoms with Crippen molar-refractivity contribution in [3.8, 4) is 0 Å². The van der Waals surface area contributed by atoms with Gasteiger partial charge in [-0.05, 0) is 31.7 Å². The Kier molecular flexibility index (Phi) is 4.78. The quantitative estimate of drug-likeness (QED) is 0.843. The van der Waals surface area contributed by atoms with Crippen LogP contribution in [0.2, 0.25) is 0 Å². The molecule has 1 amide bonds. The molecule has 2 aliphatic heterocycles. The van der Waals surface area contributed by atoms with Gasteiger partial charge in [-0.2, -0.15) is 0 Å². The number of hydrogen-bond donors (Lipinski definition) is 0. The number of ether oxygens (including phenoxy) is 2. The smallest absolute Gasteiger partial charge is 0.276 e. The maximum absolute atomic E-state index is 12.8. The summed E-state index contributed by atoms with van der Waals surface area (Å²) < 4.78 is 17.6. The first-order valence-corrected chi connectivity index (χ1v) is 9.17. The average Bonchev–Trinajstić information content (AvgIpc) is 3.31. The molecule has 2 saturated heterocycles. The van der Waals surface area contributed by atoms with Gasteiger partial charge in [-0.3, -0.25) is 4.79 Å². The molecule has 0 aliphatic carbocycles. The highest BCUT2D eigenvalue weighted by Crippen LogP contribution is 2.38. The third-order valence-corrected chi connectivity index (χ3v) is 5.44. The van der Waals surface area contributed by atoms with Crippen molar-refractivity contribution in [2.24, 2.45) is 0 Å². The van der Waals surface area contributed by atoms with Crippen LogP contribution in [0.1, 0.15) is 41.1 Å². The van der Waals surface area contributed by atoms with E-state index in [1.165, 1.54) is 6.39 Å². The number of hydrogen-bond acceptors (Lipinski definition) is 5. The Labute approximate surface area is 153 Å². The summed E-state index contributed by atoms with van der Waals surface area (Å²) in [5.74, 6) is 0.451. The van der Waals surface area contributed by atoms with E-state index in [-0.39, 0.29) is 17.6 Å². The normalized spacial score (nSPS) is 25.7. The Morgan fingerprint density at radius 1 is 1.35 bits per heavy atom. The number of aromatic nitrogens is 1. The number of oxazole rings is 1. The van der Waals surface area contributed by atoms with Crippen LogP contribution in [0.3, 0.4) is 0 Å². The van der Waals surface area contributed by atoms with Gasteiger partial charge in [0, 0.05) is 13.2 Å². The SMILES string of the molecule is Cc1ocnc1C(=O)N1CC[C@@]2(CCCO2)[C@@H](OCc2ccccc2)C1. The fraction of sp³-hybridized carbons (Fsp3) is 0.500. The Bertz CT molecular complexity index is 752. The zero-order valence-corrected chi connectivity index (χ0v) is 15.0. The monoisotopic (exact) mass is 356 g/mol. The maximum Gasteiger partial charge on any atom is 0.276 e. The van der Waals surface area contributed by atoms with Crippen LogP contribution in [0.25, 0.3) is 0 Å². The van der Waals surface area contributed by atoms with Gasteiger partial charge in [-0.1, -0.05) is 30.3 Å². The zero-order valence-electron chi connectivity index (χ0n) is 15.0. The van der Waals surface area contributed by atoms with Crippen molar-refractivity contribution in [3.63, 3.8) is 0 Å². The first kappa shape index (κ1) is 17.2. The van der Waals surface area contributed by atoms with Gasteiger partial charge in [0.25, 0.3) is 5.91 Å². The van der Waals surface area contributed by atoms with Gasteiger partial charge in [-0.15, -0.1) is 0 Å². The van der Waals surface area contributed by atoms with Gasteiger partial charge < -0.3 is 18.8 Å². The minimum atomic E-state index is -0.273. The molecule has 0 unspecified atom stereocenters. The van der Waals surface area contributed by atoms with Crippen molar-refractivity contribution in [1.82, 2.24) is 9.88 Å². The lowest BCUT2D eigenvalue weighted by Crippen LogP contribution is -2.57. The van der Waals surface area contributed by atoms with Crippen LogP contribution in [0.4, 0.5) is 0 Å². The number of carbonyl (C=O) groups is 1. The minimum absolute atomic E-state index is 0.0996. The van der Waals surface area contributed by atoms with Gasteiger partial charge >= 0.3 is 0 Å². The summed E-state index contributed by atoms with van der Waals surface area (Å²) in [6.45, 7) is 4.20. The molecule has 2 aliphatic rings. The summed E-state index contributed by atoms with van der Waals surface area (Å²) in [5, 5.41) is 0. The third kappa shape index (κ3) is 3.27. The molecule has 0 radical (unpaired) electrons. The average molecular weight is 356 g/mol. The highest BCUT2D eigenvalue weighted by molar-refractivity contribution is 5.93. The molecule has 2 fully saturated rings. The van der Waals surface area contributed by atoms with Crippen LogP contribution < -0.4 is 0 Å². The van der Waals surface area contributed by atoms with Crippen molar-refractivity contribution < 1.29 is 18.7 Å². The summed E-state index contributed by atoms with van der Waals surface area (Å²) in [4.78, 5) is 18.7. The number of aryl methyl sites for hydroxylation is 1. The van der Waals surface area contributed by atoms with Crippen LogP contribution in [-0.4, -0.2) is 47.2 Å². The van der Waals surface area contributed by atoms with Gasteiger partial charge in [0.15, 0.2) is 12.1 Å². The van der Waals surface area contributed by atoms with Gasteiger partial charge in [0.1, 0.15) is 11.9 Å². The third-order valence-electron chi connectivity index (χ3n) is 5.44. The van der Waals surface area contributed by atoms with Gasteiger partial charge in [-0.25, -0.2) is 4.98 Å². The van der Waals surface area contributed by atoms with Crippen LogP contribution in [-0.2, 0) is 16.1 Å². The Morgan fingerprint density at radius 2 is 2.19 bits per heavy atom. The first-order chi connectivity index (χ1) is 12.7. The molecule has 6 heteroatoms. The number of rotatable bonds is 4. The Balaban J connectivity index is 1.49. The van der Waals surface area contributed by atoms with Gasteiger partial charge in [0.2, 0.25) is 0 Å². The van der Waals surface area contributed by atoms with Gasteiger partial charge in [0.05, 0.1) is 18.8 Å².